The van der Waals surface area contributed by atoms with E-state index in [-0.39, 0.29) is 37.1 Å². The zero-order valence-corrected chi connectivity index (χ0v) is 25.4. The van der Waals surface area contributed by atoms with Crippen molar-refractivity contribution in [1.29, 1.82) is 0 Å². The molecule has 0 saturated heterocycles. The van der Waals surface area contributed by atoms with Gasteiger partial charge < -0.3 is 7.43 Å². The molecule has 0 amide bonds. The quantitative estimate of drug-likeness (QED) is 0.262. The van der Waals surface area contributed by atoms with Gasteiger partial charge in [-0.3, -0.25) is 8.78 Å². The predicted octanol–water partition coefficient (Wildman–Crippen LogP) is 10.6. The summed E-state index contributed by atoms with van der Waals surface area (Å²) in [5.74, 6) is 0. The van der Waals surface area contributed by atoms with Crippen LogP contribution in [0.1, 0.15) is 92.0 Å². The van der Waals surface area contributed by atoms with Crippen molar-refractivity contribution in [3.8, 4) is 0 Å². The summed E-state index contributed by atoms with van der Waals surface area (Å²) in [6, 6.07) is 17.4. The van der Waals surface area contributed by atoms with Gasteiger partial charge in [0.15, 0.2) is 0 Å². The van der Waals surface area contributed by atoms with Crippen LogP contribution in [-0.4, -0.2) is 14.4 Å². The molecule has 0 unspecified atom stereocenters. The maximum absolute atomic E-state index is 9.50. The number of alkyl halides is 2. The first kappa shape index (κ1) is 51.6. The normalized spacial score (nSPS) is 7.22. The fourth-order valence-corrected chi connectivity index (χ4v) is 2.44. The summed E-state index contributed by atoms with van der Waals surface area (Å²) in [4.78, 5) is 0. The summed E-state index contributed by atoms with van der Waals surface area (Å²) >= 11 is 0. The third kappa shape index (κ3) is 27.2. The number of rotatable bonds is 6. The topological polar surface area (TPSA) is 0 Å². The summed E-state index contributed by atoms with van der Waals surface area (Å²) in [7, 11) is 1.00. The predicted molar refractivity (Wildman–Crippen MR) is 147 cm³/mol. The zero-order valence-electron chi connectivity index (χ0n) is 19.0. The van der Waals surface area contributed by atoms with E-state index in [0.29, 0.717) is 14.4 Å². The molecule has 0 aromatic heterocycles. The average molecular weight is 710 g/mol. The Morgan fingerprint density at radius 1 is 0.531 bits per heavy atom. The average Bonchev–Trinajstić information content (AvgIpc) is 2.70. The SMILES string of the molecule is C.C.C.C.CCCc1ccc(CCC)cc1.CF.CF.[CH2-]c1ccc(CCC)cc1.[CH3-].[Rf]. The molecule has 0 fully saturated rings. The van der Waals surface area contributed by atoms with Gasteiger partial charge in [0.1, 0.15) is 0 Å². The van der Waals surface area contributed by atoms with Crippen molar-refractivity contribution < 1.29 is 8.78 Å². The Morgan fingerprint density at radius 2 is 0.719 bits per heavy atom. The molecule has 190 valence electrons. The van der Waals surface area contributed by atoms with E-state index in [1.165, 1.54) is 55.2 Å². The monoisotopic (exact) mass is 710 g/mol. The Bertz CT molecular complexity index is 483. The summed E-state index contributed by atoms with van der Waals surface area (Å²) in [5.41, 5.74) is 5.45. The second kappa shape index (κ2) is 38.7. The molecule has 0 aliphatic rings. The second-order valence-corrected chi connectivity index (χ2v) is 5.88. The maximum Gasteiger partial charge on any atom is 0.0785 e. The Morgan fingerprint density at radius 3 is 0.906 bits per heavy atom. The van der Waals surface area contributed by atoms with Crippen LogP contribution >= 0.6 is 0 Å². The van der Waals surface area contributed by atoms with Crippen molar-refractivity contribution in [2.75, 3.05) is 14.4 Å². The van der Waals surface area contributed by atoms with Crippen LogP contribution in [0, 0.1) is 14.4 Å². The van der Waals surface area contributed by atoms with Gasteiger partial charge in [-0.25, -0.2) is 0 Å². The molecule has 3 heteroatoms. The van der Waals surface area contributed by atoms with Crippen LogP contribution in [0.5, 0.6) is 0 Å². The molecule has 0 bridgehead atoms. The minimum Gasteiger partial charge on any atom is -0.358 e. The first-order chi connectivity index (χ1) is 12.7. The van der Waals surface area contributed by atoms with E-state index >= 15 is 0 Å². The van der Waals surface area contributed by atoms with Gasteiger partial charge in [-0.15, -0.1) is 12.1 Å². The Labute approximate surface area is 197 Å². The first-order valence-electron chi connectivity index (χ1n) is 9.43. The molecule has 0 heterocycles. The van der Waals surface area contributed by atoms with Crippen LogP contribution in [-0.2, 0) is 19.3 Å². The van der Waals surface area contributed by atoms with Gasteiger partial charge in [-0.05, 0) is 30.4 Å². The molecule has 0 radical (unpaired) electrons. The molecule has 0 saturated carbocycles. The Hall–Kier alpha value is -2.83. The second-order valence-electron chi connectivity index (χ2n) is 5.88. The van der Waals surface area contributed by atoms with Crippen LogP contribution in [0.15, 0.2) is 48.5 Å². The largest absolute Gasteiger partial charge is 0.358 e. The van der Waals surface area contributed by atoms with E-state index in [4.69, 9.17) is 0 Å². The van der Waals surface area contributed by atoms with E-state index in [1.54, 1.807) is 0 Å². The molecule has 2 rings (SSSR count). The molecule has 0 nitrogen and oxygen atoms in total. The molecule has 0 aliphatic heterocycles. The number of aryl methyl sites for hydroxylation is 3. The summed E-state index contributed by atoms with van der Waals surface area (Å²) in [6.07, 6.45) is 7.32. The molecule has 32 heavy (non-hydrogen) atoms. The van der Waals surface area contributed by atoms with Crippen LogP contribution in [0.4, 0.5) is 8.78 Å². The van der Waals surface area contributed by atoms with Crippen molar-refractivity contribution in [3.05, 3.63) is 85.1 Å². The van der Waals surface area contributed by atoms with Crippen LogP contribution < -0.4 is 0 Å². The smallest absolute Gasteiger partial charge is 0.0785 e. The maximum atomic E-state index is 9.50. The van der Waals surface area contributed by atoms with Gasteiger partial charge in [-0.2, -0.15) is 24.6 Å². The number of hydrogen-bond acceptors (Lipinski definition) is 0. The standard InChI is InChI=1S/C12H18.C10H13.2CH3F.4CH4.CH3.Rf/c1-3-5-11-7-9-12(6-4-2)10-8-11;1-3-4-10-7-5-9(2)6-8-10;2*1-2;;;;;;/h7-10H,3-6H2,1-2H3;5-8H,2-4H2,1H3;2*1H3;4*1H4;1H3;/q;-1;;;;;;;-1;. The Kier molecular flexibility index (Phi) is 62.5. The minimum atomic E-state index is 0. The first-order valence-corrected chi connectivity index (χ1v) is 9.43. The van der Waals surface area contributed by atoms with E-state index in [0.717, 1.165) is 5.56 Å². The molecule has 2 aromatic carbocycles. The van der Waals surface area contributed by atoms with Gasteiger partial charge in [0.05, 0.1) is 14.4 Å². The summed E-state index contributed by atoms with van der Waals surface area (Å²) in [5, 5.41) is 0. The van der Waals surface area contributed by atoms with Gasteiger partial charge in [0.25, 0.3) is 0 Å². The summed E-state index contributed by atoms with van der Waals surface area (Å²) < 4.78 is 19.0. The molecule has 0 N–H and O–H groups in total. The van der Waals surface area contributed by atoms with Gasteiger partial charge in [-0.1, -0.05) is 99.6 Å². The van der Waals surface area contributed by atoms with Crippen molar-refractivity contribution in [3.63, 3.8) is 0 Å². The van der Waals surface area contributed by atoms with E-state index in [9.17, 15) is 8.78 Å². The van der Waals surface area contributed by atoms with Gasteiger partial charge in [0.2, 0.25) is 0 Å². The summed E-state index contributed by atoms with van der Waals surface area (Å²) in [6.45, 7) is 10.5. The fraction of sp³-hybridized carbons (Fsp3) is 0.517. The van der Waals surface area contributed by atoms with Crippen LogP contribution in [0.25, 0.3) is 0 Å². The number of hydrogen-bond donors (Lipinski definition) is 0. The number of halogens is 2. The van der Waals surface area contributed by atoms with Crippen LogP contribution in [0.2, 0.25) is 0 Å². The third-order valence-corrected chi connectivity index (χ3v) is 3.66. The Balaban J connectivity index is -0.0000000448. The molecule has 0 aliphatic carbocycles. The zero-order chi connectivity index (χ0) is 20.2. The van der Waals surface area contributed by atoms with E-state index in [1.807, 2.05) is 0 Å². The fourth-order valence-electron chi connectivity index (χ4n) is 2.44. The van der Waals surface area contributed by atoms with Gasteiger partial charge >= 0.3 is 0 Å². The van der Waals surface area contributed by atoms with Crippen molar-refractivity contribution >= 4 is 0 Å². The van der Waals surface area contributed by atoms with Crippen LogP contribution in [0.3, 0.4) is 0 Å². The van der Waals surface area contributed by atoms with Crippen molar-refractivity contribution in [2.24, 2.45) is 0 Å². The minimum absolute atomic E-state index is 0. The molecule has 2 aromatic rings. The van der Waals surface area contributed by atoms with Gasteiger partial charge in [0, 0.05) is 0 Å². The van der Waals surface area contributed by atoms with E-state index in [2.05, 4.69) is 76.2 Å². The van der Waals surface area contributed by atoms with Crippen molar-refractivity contribution in [2.45, 2.75) is 89.0 Å². The molecule has 0 spiro atoms. The molecular weight excluding hydrogens is 653 g/mol. The van der Waals surface area contributed by atoms with E-state index < -0.39 is 0 Å². The molecular formula is C29H56F2Rf-2. The third-order valence-electron chi connectivity index (χ3n) is 3.66. The van der Waals surface area contributed by atoms with Crippen molar-refractivity contribution in [1.82, 2.24) is 0 Å². The number of benzene rings is 2. The molecule has 0 atom stereocenters.